The van der Waals surface area contributed by atoms with Crippen molar-refractivity contribution in [2.24, 2.45) is 0 Å². The van der Waals surface area contributed by atoms with Gasteiger partial charge in [0.2, 0.25) is 6.79 Å². The number of hydrogen-bond acceptors (Lipinski definition) is 5. The quantitative estimate of drug-likeness (QED) is 0.658. The summed E-state index contributed by atoms with van der Waals surface area (Å²) in [5.41, 5.74) is 1.87. The van der Waals surface area contributed by atoms with Gasteiger partial charge in [-0.15, -0.1) is 0 Å². The fraction of sp³-hybridized carbons (Fsp3) is 0.190. The van der Waals surface area contributed by atoms with Gasteiger partial charge in [-0.2, -0.15) is 0 Å². The van der Waals surface area contributed by atoms with Gasteiger partial charge in [0.1, 0.15) is 0 Å². The number of amides is 1. The van der Waals surface area contributed by atoms with Gasteiger partial charge in [0, 0.05) is 10.2 Å². The summed E-state index contributed by atoms with van der Waals surface area (Å²) in [7, 11) is 3.21. The molecular weight excluding hydrogens is 426 g/mol. The molecule has 0 radical (unpaired) electrons. The van der Waals surface area contributed by atoms with E-state index in [-0.39, 0.29) is 12.7 Å². The van der Waals surface area contributed by atoms with Crippen molar-refractivity contribution in [3.8, 4) is 11.5 Å². The summed E-state index contributed by atoms with van der Waals surface area (Å²) >= 11 is 3.38. The molecule has 0 fully saturated rings. The third kappa shape index (κ3) is 4.31. The van der Waals surface area contributed by atoms with Crippen molar-refractivity contribution in [3.05, 3.63) is 81.9 Å². The molecule has 7 heteroatoms. The molecular formula is C21H20BrNO5. The molecule has 0 saturated heterocycles. The van der Waals surface area contributed by atoms with Crippen molar-refractivity contribution in [3.63, 3.8) is 0 Å². The van der Waals surface area contributed by atoms with Crippen molar-refractivity contribution in [2.45, 2.75) is 6.42 Å². The van der Waals surface area contributed by atoms with Gasteiger partial charge < -0.3 is 24.3 Å². The number of nitrogens with one attached hydrogen (secondary N) is 1. The first-order chi connectivity index (χ1) is 13.5. The van der Waals surface area contributed by atoms with Crippen molar-refractivity contribution < 1.29 is 23.7 Å². The van der Waals surface area contributed by atoms with E-state index in [1.807, 2.05) is 24.3 Å². The Morgan fingerprint density at radius 3 is 2.79 bits per heavy atom. The lowest BCUT2D eigenvalue weighted by Gasteiger charge is -2.14. The summed E-state index contributed by atoms with van der Waals surface area (Å²) in [6.07, 6.45) is 10.0. The first kappa shape index (κ1) is 19.8. The normalized spacial score (nSPS) is 16.6. The summed E-state index contributed by atoms with van der Waals surface area (Å²) in [5, 5.41) is 2.75. The van der Waals surface area contributed by atoms with E-state index < -0.39 is 0 Å². The number of halogens is 1. The SMILES string of the molecule is C=C(C=CC=C1C=C(OC)C(OC)=CC1)NC(=O)c1c(Br)ccc2c1OCO2. The predicted octanol–water partition coefficient (Wildman–Crippen LogP) is 4.37. The molecule has 1 N–H and O–H groups in total. The lowest BCUT2D eigenvalue weighted by Crippen LogP contribution is -2.22. The van der Waals surface area contributed by atoms with Gasteiger partial charge in [0.15, 0.2) is 23.0 Å². The number of methoxy groups -OCH3 is 2. The molecule has 0 saturated carbocycles. The Labute approximate surface area is 171 Å². The van der Waals surface area contributed by atoms with Gasteiger partial charge in [0.25, 0.3) is 5.91 Å². The molecule has 1 aliphatic heterocycles. The van der Waals surface area contributed by atoms with Crippen molar-refractivity contribution >= 4 is 21.8 Å². The maximum absolute atomic E-state index is 12.6. The van der Waals surface area contributed by atoms with E-state index >= 15 is 0 Å². The highest BCUT2D eigenvalue weighted by atomic mass is 79.9. The van der Waals surface area contributed by atoms with Crippen LogP contribution in [0.3, 0.4) is 0 Å². The molecule has 0 bridgehead atoms. The summed E-state index contributed by atoms with van der Waals surface area (Å²) in [6, 6.07) is 3.50. The lowest BCUT2D eigenvalue weighted by molar-refractivity contribution is 0.0962. The van der Waals surface area contributed by atoms with Crippen LogP contribution in [0.2, 0.25) is 0 Å². The summed E-state index contributed by atoms with van der Waals surface area (Å²) in [5.74, 6) is 2.02. The summed E-state index contributed by atoms with van der Waals surface area (Å²) < 4.78 is 21.9. The van der Waals surface area contributed by atoms with E-state index in [1.165, 1.54) is 0 Å². The number of allylic oxidation sites excluding steroid dienone is 6. The van der Waals surface area contributed by atoms with E-state index in [4.69, 9.17) is 18.9 Å². The van der Waals surface area contributed by atoms with E-state index in [2.05, 4.69) is 27.8 Å². The predicted molar refractivity (Wildman–Crippen MR) is 109 cm³/mol. The Bertz CT molecular complexity index is 927. The Morgan fingerprint density at radius 2 is 2.04 bits per heavy atom. The van der Waals surface area contributed by atoms with Gasteiger partial charge in [-0.3, -0.25) is 4.79 Å². The molecule has 2 aliphatic rings. The van der Waals surface area contributed by atoms with Gasteiger partial charge >= 0.3 is 0 Å². The number of ether oxygens (including phenoxy) is 4. The van der Waals surface area contributed by atoms with Crippen molar-refractivity contribution in [2.75, 3.05) is 21.0 Å². The largest absolute Gasteiger partial charge is 0.493 e. The maximum Gasteiger partial charge on any atom is 0.260 e. The Balaban J connectivity index is 1.65. The average molecular weight is 446 g/mol. The fourth-order valence-electron chi connectivity index (χ4n) is 2.77. The topological polar surface area (TPSA) is 66.0 Å². The minimum Gasteiger partial charge on any atom is -0.493 e. The fourth-order valence-corrected chi connectivity index (χ4v) is 3.26. The van der Waals surface area contributed by atoms with Gasteiger partial charge in [-0.05, 0) is 58.3 Å². The second-order valence-electron chi connectivity index (χ2n) is 5.93. The van der Waals surface area contributed by atoms with Crippen molar-refractivity contribution in [1.82, 2.24) is 5.32 Å². The molecule has 3 rings (SSSR count). The van der Waals surface area contributed by atoms with E-state index in [0.29, 0.717) is 38.8 Å². The summed E-state index contributed by atoms with van der Waals surface area (Å²) in [6.45, 7) is 3.97. The van der Waals surface area contributed by atoms with Crippen LogP contribution in [-0.4, -0.2) is 26.9 Å². The smallest absolute Gasteiger partial charge is 0.260 e. The highest BCUT2D eigenvalue weighted by Gasteiger charge is 2.25. The first-order valence-electron chi connectivity index (χ1n) is 8.49. The van der Waals surface area contributed by atoms with Crippen LogP contribution in [0.25, 0.3) is 0 Å². The average Bonchev–Trinajstić information content (AvgIpc) is 3.16. The first-order valence-corrected chi connectivity index (χ1v) is 9.28. The molecule has 1 heterocycles. The number of hydrogen-bond donors (Lipinski definition) is 1. The minimum absolute atomic E-state index is 0.0939. The monoisotopic (exact) mass is 445 g/mol. The number of carbonyl (C=O) groups is 1. The van der Waals surface area contributed by atoms with Crippen molar-refractivity contribution in [1.29, 1.82) is 0 Å². The molecule has 1 aromatic carbocycles. The number of fused-ring (bicyclic) bond motifs is 1. The molecule has 0 spiro atoms. The highest BCUT2D eigenvalue weighted by Crippen LogP contribution is 2.39. The van der Waals surface area contributed by atoms with Crippen LogP contribution in [0, 0.1) is 0 Å². The highest BCUT2D eigenvalue weighted by molar-refractivity contribution is 9.10. The van der Waals surface area contributed by atoms with Gasteiger partial charge in [0.05, 0.1) is 19.8 Å². The van der Waals surface area contributed by atoms with Crippen LogP contribution in [0.1, 0.15) is 16.8 Å². The van der Waals surface area contributed by atoms with E-state index in [1.54, 1.807) is 32.4 Å². The van der Waals surface area contributed by atoms with Crippen LogP contribution in [0.15, 0.2) is 76.4 Å². The number of rotatable bonds is 6. The van der Waals surface area contributed by atoms with Gasteiger partial charge in [-0.1, -0.05) is 18.7 Å². The number of benzene rings is 1. The number of carbonyl (C=O) groups excluding carboxylic acids is 1. The van der Waals surface area contributed by atoms with E-state index in [9.17, 15) is 4.79 Å². The zero-order valence-electron chi connectivity index (χ0n) is 15.6. The van der Waals surface area contributed by atoms with Crippen LogP contribution in [-0.2, 0) is 9.47 Å². The molecule has 1 aromatic rings. The third-order valence-corrected chi connectivity index (χ3v) is 4.78. The standard InChI is InChI=1S/C21H20BrNO5/c1-13(5-4-6-14-7-9-16(25-2)18(11-14)26-3)23-21(24)19-15(22)8-10-17-20(19)28-12-27-17/h4-6,8-11H,1,7,12H2,2-3H3,(H,23,24). The maximum atomic E-state index is 12.6. The van der Waals surface area contributed by atoms with Crippen LogP contribution in [0.5, 0.6) is 11.5 Å². The molecule has 1 aliphatic carbocycles. The Hall–Kier alpha value is -2.93. The van der Waals surface area contributed by atoms with Crippen LogP contribution < -0.4 is 14.8 Å². The van der Waals surface area contributed by atoms with E-state index in [0.717, 1.165) is 12.0 Å². The molecule has 1 amide bonds. The molecule has 28 heavy (non-hydrogen) atoms. The third-order valence-electron chi connectivity index (χ3n) is 4.12. The minimum atomic E-state index is -0.330. The summed E-state index contributed by atoms with van der Waals surface area (Å²) in [4.78, 5) is 12.6. The molecule has 6 nitrogen and oxygen atoms in total. The Kier molecular flexibility index (Phi) is 6.26. The second-order valence-corrected chi connectivity index (χ2v) is 6.78. The lowest BCUT2D eigenvalue weighted by atomic mass is 10.0. The Morgan fingerprint density at radius 1 is 1.25 bits per heavy atom. The second kappa shape index (κ2) is 8.84. The molecule has 0 atom stereocenters. The zero-order valence-corrected chi connectivity index (χ0v) is 17.2. The zero-order chi connectivity index (χ0) is 20.1. The van der Waals surface area contributed by atoms with Gasteiger partial charge in [-0.25, -0.2) is 0 Å². The van der Waals surface area contributed by atoms with Crippen LogP contribution >= 0.6 is 15.9 Å². The van der Waals surface area contributed by atoms with Crippen LogP contribution in [0.4, 0.5) is 0 Å². The molecule has 0 unspecified atom stereocenters. The molecule has 146 valence electrons. The molecule has 0 aromatic heterocycles.